The van der Waals surface area contributed by atoms with E-state index in [1.165, 1.54) is 11.3 Å². The second kappa shape index (κ2) is 8.01. The molecule has 6 heteroatoms. The molecular weight excluding hydrogens is 350 g/mol. The van der Waals surface area contributed by atoms with Gasteiger partial charge in [-0.2, -0.15) is 0 Å². The van der Waals surface area contributed by atoms with E-state index in [1.54, 1.807) is 6.92 Å². The van der Waals surface area contributed by atoms with Crippen LogP contribution in [0.2, 0.25) is 0 Å². The SMILES string of the molecule is Cc1ccccc1OCCOc1ccc(-c2nc(C)c(C(=O)O)s2)cc1. The number of aromatic nitrogens is 1. The molecule has 5 nitrogen and oxygen atoms in total. The predicted molar refractivity (Wildman–Crippen MR) is 101 cm³/mol. The Bertz CT molecular complexity index is 902. The maximum absolute atomic E-state index is 11.1. The minimum atomic E-state index is -0.945. The normalized spacial score (nSPS) is 10.5. The van der Waals surface area contributed by atoms with Gasteiger partial charge < -0.3 is 14.6 Å². The van der Waals surface area contributed by atoms with Crippen molar-refractivity contribution in [2.24, 2.45) is 0 Å². The van der Waals surface area contributed by atoms with E-state index >= 15 is 0 Å². The molecule has 1 aromatic heterocycles. The van der Waals surface area contributed by atoms with Crippen molar-refractivity contribution < 1.29 is 19.4 Å². The molecule has 0 saturated heterocycles. The minimum absolute atomic E-state index is 0.272. The standard InChI is InChI=1S/C20H19NO4S/c1-13-5-3-4-6-17(13)25-12-11-24-16-9-7-15(8-10-16)19-21-14(2)18(26-19)20(22)23/h3-10H,11-12H2,1-2H3,(H,22,23). The fraction of sp³-hybridized carbons (Fsp3) is 0.200. The second-order valence-electron chi connectivity index (χ2n) is 5.73. The molecule has 134 valence electrons. The van der Waals surface area contributed by atoms with E-state index in [2.05, 4.69) is 4.98 Å². The summed E-state index contributed by atoms with van der Waals surface area (Å²) < 4.78 is 11.4. The first-order valence-corrected chi connectivity index (χ1v) is 8.98. The second-order valence-corrected chi connectivity index (χ2v) is 6.72. The molecule has 0 radical (unpaired) electrons. The lowest BCUT2D eigenvalue weighted by Gasteiger charge is -2.10. The van der Waals surface area contributed by atoms with Gasteiger partial charge in [-0.25, -0.2) is 9.78 Å². The van der Waals surface area contributed by atoms with Crippen LogP contribution in [-0.2, 0) is 0 Å². The lowest BCUT2D eigenvalue weighted by Crippen LogP contribution is -2.09. The van der Waals surface area contributed by atoms with Crippen LogP contribution >= 0.6 is 11.3 Å². The molecule has 0 aliphatic rings. The number of hydrogen-bond acceptors (Lipinski definition) is 5. The number of rotatable bonds is 7. The monoisotopic (exact) mass is 369 g/mol. The molecule has 2 aromatic carbocycles. The largest absolute Gasteiger partial charge is 0.490 e. The number of carboxylic acid groups (broad SMARTS) is 1. The van der Waals surface area contributed by atoms with Crippen LogP contribution in [0.15, 0.2) is 48.5 Å². The van der Waals surface area contributed by atoms with Crippen molar-refractivity contribution in [3.05, 3.63) is 64.7 Å². The van der Waals surface area contributed by atoms with Crippen LogP contribution in [0.4, 0.5) is 0 Å². The zero-order chi connectivity index (χ0) is 18.5. The Hall–Kier alpha value is -2.86. The van der Waals surface area contributed by atoms with E-state index in [-0.39, 0.29) is 4.88 Å². The number of carboxylic acids is 1. The summed E-state index contributed by atoms with van der Waals surface area (Å²) in [6.07, 6.45) is 0. The van der Waals surface area contributed by atoms with Gasteiger partial charge in [0.1, 0.15) is 34.6 Å². The smallest absolute Gasteiger partial charge is 0.347 e. The van der Waals surface area contributed by atoms with Gasteiger partial charge in [0.05, 0.1) is 5.69 Å². The summed E-state index contributed by atoms with van der Waals surface area (Å²) in [5, 5.41) is 9.82. The number of nitrogens with zero attached hydrogens (tertiary/aromatic N) is 1. The first kappa shape index (κ1) is 17.9. The summed E-state index contributed by atoms with van der Waals surface area (Å²) in [4.78, 5) is 15.7. The molecule has 26 heavy (non-hydrogen) atoms. The molecule has 0 saturated carbocycles. The molecule has 0 spiro atoms. The Kier molecular flexibility index (Phi) is 5.53. The Morgan fingerprint density at radius 2 is 1.73 bits per heavy atom. The molecule has 0 bridgehead atoms. The highest BCUT2D eigenvalue weighted by atomic mass is 32.1. The number of benzene rings is 2. The van der Waals surface area contributed by atoms with Crippen molar-refractivity contribution in [1.82, 2.24) is 4.98 Å². The third kappa shape index (κ3) is 4.21. The van der Waals surface area contributed by atoms with E-state index in [0.717, 1.165) is 22.6 Å². The van der Waals surface area contributed by atoms with Gasteiger partial charge in [-0.15, -0.1) is 11.3 Å². The van der Waals surface area contributed by atoms with Crippen molar-refractivity contribution in [3.8, 4) is 22.1 Å². The van der Waals surface area contributed by atoms with Crippen LogP contribution < -0.4 is 9.47 Å². The van der Waals surface area contributed by atoms with Crippen molar-refractivity contribution >= 4 is 17.3 Å². The van der Waals surface area contributed by atoms with Gasteiger partial charge in [0.2, 0.25) is 0 Å². The maximum atomic E-state index is 11.1. The Balaban J connectivity index is 1.55. The molecular formula is C20H19NO4S. The van der Waals surface area contributed by atoms with E-state index in [0.29, 0.717) is 23.9 Å². The van der Waals surface area contributed by atoms with Crippen molar-refractivity contribution in [1.29, 1.82) is 0 Å². The molecule has 1 heterocycles. The summed E-state index contributed by atoms with van der Waals surface area (Å²) in [7, 11) is 0. The average Bonchev–Trinajstić information content (AvgIpc) is 3.03. The number of para-hydroxylation sites is 1. The van der Waals surface area contributed by atoms with Crippen LogP contribution in [0, 0.1) is 13.8 Å². The highest BCUT2D eigenvalue weighted by molar-refractivity contribution is 7.17. The maximum Gasteiger partial charge on any atom is 0.347 e. The lowest BCUT2D eigenvalue weighted by atomic mass is 10.2. The average molecular weight is 369 g/mol. The molecule has 0 atom stereocenters. The highest BCUT2D eigenvalue weighted by Gasteiger charge is 2.14. The van der Waals surface area contributed by atoms with Gasteiger partial charge in [-0.3, -0.25) is 0 Å². The van der Waals surface area contributed by atoms with Crippen LogP contribution in [0.1, 0.15) is 20.9 Å². The van der Waals surface area contributed by atoms with Crippen LogP contribution in [0.5, 0.6) is 11.5 Å². The van der Waals surface area contributed by atoms with Crippen LogP contribution in [0.25, 0.3) is 10.6 Å². The van der Waals surface area contributed by atoms with Gasteiger partial charge in [0.25, 0.3) is 0 Å². The third-order valence-electron chi connectivity index (χ3n) is 3.80. The molecule has 0 fully saturated rings. The summed E-state index contributed by atoms with van der Waals surface area (Å²) in [5.74, 6) is 0.647. The fourth-order valence-corrected chi connectivity index (χ4v) is 3.35. The zero-order valence-corrected chi connectivity index (χ0v) is 15.4. The van der Waals surface area contributed by atoms with Crippen molar-refractivity contribution in [2.75, 3.05) is 13.2 Å². The summed E-state index contributed by atoms with van der Waals surface area (Å²) in [5.41, 5.74) is 2.50. The molecule has 3 aromatic rings. The molecule has 0 aliphatic heterocycles. The quantitative estimate of drug-likeness (QED) is 0.617. The number of aryl methyl sites for hydroxylation is 2. The first-order valence-electron chi connectivity index (χ1n) is 8.17. The molecule has 0 amide bonds. The van der Waals surface area contributed by atoms with Gasteiger partial charge in [0.15, 0.2) is 0 Å². The van der Waals surface area contributed by atoms with E-state index in [9.17, 15) is 4.79 Å². The van der Waals surface area contributed by atoms with E-state index in [1.807, 2.05) is 55.5 Å². The number of hydrogen-bond donors (Lipinski definition) is 1. The predicted octanol–water partition coefficient (Wildman–Crippen LogP) is 4.58. The third-order valence-corrected chi connectivity index (χ3v) is 4.99. The van der Waals surface area contributed by atoms with Gasteiger partial charge in [-0.1, -0.05) is 18.2 Å². The number of carbonyl (C=O) groups is 1. The van der Waals surface area contributed by atoms with Gasteiger partial charge >= 0.3 is 5.97 Å². The summed E-state index contributed by atoms with van der Waals surface area (Å²) in [6, 6.07) is 15.3. The highest BCUT2D eigenvalue weighted by Crippen LogP contribution is 2.29. The zero-order valence-electron chi connectivity index (χ0n) is 14.6. The van der Waals surface area contributed by atoms with Crippen molar-refractivity contribution in [2.45, 2.75) is 13.8 Å². The Morgan fingerprint density at radius 3 is 2.38 bits per heavy atom. The topological polar surface area (TPSA) is 68.7 Å². The van der Waals surface area contributed by atoms with Crippen molar-refractivity contribution in [3.63, 3.8) is 0 Å². The van der Waals surface area contributed by atoms with E-state index < -0.39 is 5.97 Å². The molecule has 0 unspecified atom stereocenters. The Morgan fingerprint density at radius 1 is 1.04 bits per heavy atom. The fourth-order valence-electron chi connectivity index (χ4n) is 2.44. The first-order chi connectivity index (χ1) is 12.5. The minimum Gasteiger partial charge on any atom is -0.490 e. The summed E-state index contributed by atoms with van der Waals surface area (Å²) in [6.45, 7) is 4.61. The number of thiazole rings is 1. The lowest BCUT2D eigenvalue weighted by molar-refractivity contribution is 0.0701. The van der Waals surface area contributed by atoms with Gasteiger partial charge in [0, 0.05) is 5.56 Å². The molecule has 0 aliphatic carbocycles. The van der Waals surface area contributed by atoms with Crippen LogP contribution in [-0.4, -0.2) is 29.3 Å². The molecule has 3 rings (SSSR count). The van der Waals surface area contributed by atoms with Crippen LogP contribution in [0.3, 0.4) is 0 Å². The van der Waals surface area contributed by atoms with E-state index in [4.69, 9.17) is 14.6 Å². The Labute approximate surface area is 155 Å². The number of ether oxygens (including phenoxy) is 2. The number of aromatic carboxylic acids is 1. The van der Waals surface area contributed by atoms with Gasteiger partial charge in [-0.05, 0) is 49.7 Å². The molecule has 1 N–H and O–H groups in total. The summed E-state index contributed by atoms with van der Waals surface area (Å²) >= 11 is 1.18.